The summed E-state index contributed by atoms with van der Waals surface area (Å²) in [5.41, 5.74) is 2.48. The standard InChI is InChI=1S/C19H13Cl2NO2/c20-16-8-6-13(11-17(16)21)12-24-18(23)9-7-15-4-1-3-14-5-2-10-22-19(14)15/h1-11H,12H2/b9-7+. The Morgan fingerprint density at radius 1 is 1.08 bits per heavy atom. The molecule has 1 aromatic heterocycles. The normalized spacial score (nSPS) is 11.1. The van der Waals surface area contributed by atoms with E-state index in [0.29, 0.717) is 10.0 Å². The average molecular weight is 358 g/mol. The van der Waals surface area contributed by atoms with Gasteiger partial charge in [0.2, 0.25) is 0 Å². The fourth-order valence-electron chi connectivity index (χ4n) is 2.25. The molecule has 0 atom stereocenters. The predicted octanol–water partition coefficient (Wildman–Crippen LogP) is 5.30. The van der Waals surface area contributed by atoms with Crippen molar-refractivity contribution in [1.29, 1.82) is 0 Å². The number of nitrogens with zero attached hydrogens (tertiary/aromatic N) is 1. The first kappa shape index (κ1) is 16.5. The maximum absolute atomic E-state index is 11.9. The molecule has 0 bridgehead atoms. The van der Waals surface area contributed by atoms with Gasteiger partial charge in [0.25, 0.3) is 0 Å². The largest absolute Gasteiger partial charge is 0.458 e. The number of hydrogen-bond donors (Lipinski definition) is 0. The third-order valence-electron chi connectivity index (χ3n) is 3.43. The van der Waals surface area contributed by atoms with E-state index in [9.17, 15) is 4.79 Å². The van der Waals surface area contributed by atoms with Gasteiger partial charge in [-0.25, -0.2) is 4.79 Å². The van der Waals surface area contributed by atoms with Crippen molar-refractivity contribution < 1.29 is 9.53 Å². The van der Waals surface area contributed by atoms with Crippen molar-refractivity contribution in [2.24, 2.45) is 0 Å². The first-order chi connectivity index (χ1) is 11.6. The van der Waals surface area contributed by atoms with Crippen LogP contribution in [0.15, 0.2) is 60.8 Å². The third kappa shape index (κ3) is 3.94. The molecule has 2 aromatic carbocycles. The molecule has 0 amide bonds. The summed E-state index contributed by atoms with van der Waals surface area (Å²) in [4.78, 5) is 16.2. The molecule has 0 saturated heterocycles. The molecule has 0 radical (unpaired) electrons. The van der Waals surface area contributed by atoms with E-state index in [2.05, 4.69) is 4.98 Å². The average Bonchev–Trinajstić information content (AvgIpc) is 2.61. The number of benzene rings is 2. The number of para-hydroxylation sites is 1. The van der Waals surface area contributed by atoms with Crippen LogP contribution in [0.25, 0.3) is 17.0 Å². The van der Waals surface area contributed by atoms with Crippen molar-refractivity contribution in [2.75, 3.05) is 0 Å². The Kier molecular flexibility index (Phi) is 5.14. The van der Waals surface area contributed by atoms with E-state index in [4.69, 9.17) is 27.9 Å². The number of fused-ring (bicyclic) bond motifs is 1. The number of pyridine rings is 1. The van der Waals surface area contributed by atoms with Gasteiger partial charge in [-0.1, -0.05) is 53.5 Å². The Bertz CT molecular complexity index is 917. The summed E-state index contributed by atoms with van der Waals surface area (Å²) in [7, 11) is 0. The van der Waals surface area contributed by atoms with E-state index in [1.807, 2.05) is 30.3 Å². The molecule has 0 saturated carbocycles. The van der Waals surface area contributed by atoms with E-state index in [1.165, 1.54) is 6.08 Å². The molecule has 0 unspecified atom stereocenters. The third-order valence-corrected chi connectivity index (χ3v) is 4.17. The van der Waals surface area contributed by atoms with Crippen LogP contribution < -0.4 is 0 Å². The molecule has 3 rings (SSSR count). The summed E-state index contributed by atoms with van der Waals surface area (Å²) in [5.74, 6) is -0.436. The maximum atomic E-state index is 11.9. The second kappa shape index (κ2) is 7.47. The Morgan fingerprint density at radius 3 is 2.75 bits per heavy atom. The highest BCUT2D eigenvalue weighted by atomic mass is 35.5. The second-order valence-corrected chi connectivity index (χ2v) is 5.93. The number of rotatable bonds is 4. The minimum atomic E-state index is -0.436. The number of aromatic nitrogens is 1. The quantitative estimate of drug-likeness (QED) is 0.469. The zero-order chi connectivity index (χ0) is 16.9. The van der Waals surface area contributed by atoms with Crippen molar-refractivity contribution in [1.82, 2.24) is 4.98 Å². The van der Waals surface area contributed by atoms with Crippen LogP contribution in [0.3, 0.4) is 0 Å². The van der Waals surface area contributed by atoms with E-state index in [0.717, 1.165) is 22.0 Å². The molecule has 0 N–H and O–H groups in total. The predicted molar refractivity (Wildman–Crippen MR) is 97.0 cm³/mol. The van der Waals surface area contributed by atoms with Crippen LogP contribution in [0.5, 0.6) is 0 Å². The lowest BCUT2D eigenvalue weighted by Crippen LogP contribution is -2.00. The van der Waals surface area contributed by atoms with Crippen molar-refractivity contribution in [2.45, 2.75) is 6.61 Å². The van der Waals surface area contributed by atoms with Gasteiger partial charge < -0.3 is 4.74 Å². The first-order valence-corrected chi connectivity index (χ1v) is 8.01. The highest BCUT2D eigenvalue weighted by Gasteiger charge is 2.03. The zero-order valence-electron chi connectivity index (χ0n) is 12.6. The number of carbonyl (C=O) groups is 1. The van der Waals surface area contributed by atoms with Gasteiger partial charge in [-0.3, -0.25) is 4.98 Å². The molecule has 3 aromatic rings. The summed E-state index contributed by atoms with van der Waals surface area (Å²) in [6, 6.07) is 14.8. The van der Waals surface area contributed by atoms with Crippen LogP contribution in [0.2, 0.25) is 10.0 Å². The van der Waals surface area contributed by atoms with E-state index in [1.54, 1.807) is 30.5 Å². The molecule has 120 valence electrons. The Hall–Kier alpha value is -2.36. The topological polar surface area (TPSA) is 39.2 Å². The highest BCUT2D eigenvalue weighted by Crippen LogP contribution is 2.23. The molecule has 3 nitrogen and oxygen atoms in total. The maximum Gasteiger partial charge on any atom is 0.331 e. The highest BCUT2D eigenvalue weighted by molar-refractivity contribution is 6.42. The first-order valence-electron chi connectivity index (χ1n) is 7.26. The fraction of sp³-hybridized carbons (Fsp3) is 0.0526. The van der Waals surface area contributed by atoms with Gasteiger partial charge in [0.15, 0.2) is 0 Å². The van der Waals surface area contributed by atoms with Crippen LogP contribution in [0.4, 0.5) is 0 Å². The fourth-order valence-corrected chi connectivity index (χ4v) is 2.57. The van der Waals surface area contributed by atoms with Crippen LogP contribution in [-0.4, -0.2) is 11.0 Å². The van der Waals surface area contributed by atoms with Gasteiger partial charge >= 0.3 is 5.97 Å². The minimum Gasteiger partial charge on any atom is -0.458 e. The van der Waals surface area contributed by atoms with Gasteiger partial charge in [0, 0.05) is 23.2 Å². The number of ether oxygens (including phenoxy) is 1. The lowest BCUT2D eigenvalue weighted by Gasteiger charge is -2.04. The van der Waals surface area contributed by atoms with Crippen molar-refractivity contribution in [3.63, 3.8) is 0 Å². The van der Waals surface area contributed by atoms with Crippen LogP contribution >= 0.6 is 23.2 Å². The Labute approximate surface area is 149 Å². The van der Waals surface area contributed by atoms with Gasteiger partial charge in [-0.2, -0.15) is 0 Å². The van der Waals surface area contributed by atoms with Crippen molar-refractivity contribution >= 4 is 46.2 Å². The van der Waals surface area contributed by atoms with Crippen molar-refractivity contribution in [3.8, 4) is 0 Å². The number of hydrogen-bond acceptors (Lipinski definition) is 3. The Morgan fingerprint density at radius 2 is 1.92 bits per heavy atom. The van der Waals surface area contributed by atoms with Crippen LogP contribution in [0.1, 0.15) is 11.1 Å². The van der Waals surface area contributed by atoms with Gasteiger partial charge in [0.05, 0.1) is 15.6 Å². The Balaban J connectivity index is 1.67. The molecule has 0 fully saturated rings. The number of carbonyl (C=O) groups excluding carboxylic acids is 1. The summed E-state index contributed by atoms with van der Waals surface area (Å²) in [6.45, 7) is 0.133. The van der Waals surface area contributed by atoms with E-state index >= 15 is 0 Å². The summed E-state index contributed by atoms with van der Waals surface area (Å²) in [5, 5.41) is 1.92. The molecule has 24 heavy (non-hydrogen) atoms. The zero-order valence-corrected chi connectivity index (χ0v) is 14.1. The molecule has 0 spiro atoms. The molecule has 0 aliphatic rings. The van der Waals surface area contributed by atoms with E-state index < -0.39 is 5.97 Å². The van der Waals surface area contributed by atoms with Crippen LogP contribution in [0, 0.1) is 0 Å². The molecule has 5 heteroatoms. The van der Waals surface area contributed by atoms with Crippen LogP contribution in [-0.2, 0) is 16.1 Å². The van der Waals surface area contributed by atoms with Gasteiger partial charge in [-0.15, -0.1) is 0 Å². The lowest BCUT2D eigenvalue weighted by molar-refractivity contribution is -0.138. The monoisotopic (exact) mass is 357 g/mol. The van der Waals surface area contributed by atoms with Gasteiger partial charge in [0.1, 0.15) is 6.61 Å². The number of halogens is 2. The van der Waals surface area contributed by atoms with Crippen molar-refractivity contribution in [3.05, 3.63) is 82.0 Å². The minimum absolute atomic E-state index is 0.133. The summed E-state index contributed by atoms with van der Waals surface area (Å²) in [6.07, 6.45) is 4.82. The molecular formula is C19H13Cl2NO2. The lowest BCUT2D eigenvalue weighted by atomic mass is 10.1. The molecule has 0 aliphatic carbocycles. The molecule has 1 heterocycles. The second-order valence-electron chi connectivity index (χ2n) is 5.11. The number of esters is 1. The smallest absolute Gasteiger partial charge is 0.331 e. The van der Waals surface area contributed by atoms with E-state index in [-0.39, 0.29) is 6.61 Å². The summed E-state index contributed by atoms with van der Waals surface area (Å²) >= 11 is 11.8. The molecular weight excluding hydrogens is 345 g/mol. The molecule has 0 aliphatic heterocycles. The van der Waals surface area contributed by atoms with Gasteiger partial charge in [-0.05, 0) is 29.8 Å². The SMILES string of the molecule is O=C(/C=C/c1cccc2cccnc12)OCc1ccc(Cl)c(Cl)c1. The summed E-state index contributed by atoms with van der Waals surface area (Å²) < 4.78 is 5.21.